The van der Waals surface area contributed by atoms with Crippen molar-refractivity contribution in [1.29, 1.82) is 0 Å². The zero-order valence-corrected chi connectivity index (χ0v) is 6.09. The van der Waals surface area contributed by atoms with E-state index in [1.54, 1.807) is 0 Å². The second-order valence-corrected chi connectivity index (χ2v) is 2.31. The van der Waals surface area contributed by atoms with Gasteiger partial charge in [0.25, 0.3) is 0 Å². The zero-order chi connectivity index (χ0) is 7.56. The summed E-state index contributed by atoms with van der Waals surface area (Å²) in [6.07, 6.45) is 0. The molecule has 2 heteroatoms. The molecule has 0 aliphatic rings. The Morgan fingerprint density at radius 2 is 1.70 bits per heavy atom. The zero-order valence-electron chi connectivity index (χ0n) is 6.09. The van der Waals surface area contributed by atoms with E-state index in [0.717, 1.165) is 11.1 Å². The van der Waals surface area contributed by atoms with Gasteiger partial charge in [-0.15, -0.1) is 0 Å². The Kier molecular flexibility index (Phi) is 1.92. The monoisotopic (exact) mass is 138 g/mol. The van der Waals surface area contributed by atoms with Crippen LogP contribution in [0.5, 0.6) is 5.75 Å². The SMILES string of the molecule is Cc1cccc(C)c1OO. The van der Waals surface area contributed by atoms with Crippen molar-refractivity contribution < 1.29 is 10.1 Å². The minimum atomic E-state index is 0.558. The van der Waals surface area contributed by atoms with Crippen LogP contribution in [0.25, 0.3) is 0 Å². The van der Waals surface area contributed by atoms with E-state index >= 15 is 0 Å². The van der Waals surface area contributed by atoms with E-state index in [2.05, 4.69) is 4.89 Å². The van der Waals surface area contributed by atoms with Crippen molar-refractivity contribution in [3.05, 3.63) is 29.3 Å². The second-order valence-electron chi connectivity index (χ2n) is 2.31. The van der Waals surface area contributed by atoms with Crippen LogP contribution >= 0.6 is 0 Å². The summed E-state index contributed by atoms with van der Waals surface area (Å²) in [5.41, 5.74) is 1.89. The van der Waals surface area contributed by atoms with Crippen molar-refractivity contribution in [1.82, 2.24) is 0 Å². The smallest absolute Gasteiger partial charge is 0.170 e. The molecule has 0 spiro atoms. The molecule has 0 saturated carbocycles. The van der Waals surface area contributed by atoms with Crippen LogP contribution in [0.4, 0.5) is 0 Å². The summed E-state index contributed by atoms with van der Waals surface area (Å²) in [7, 11) is 0. The first kappa shape index (κ1) is 7.09. The summed E-state index contributed by atoms with van der Waals surface area (Å²) in [5.74, 6) is 0.558. The third-order valence-electron chi connectivity index (χ3n) is 1.50. The van der Waals surface area contributed by atoms with E-state index in [9.17, 15) is 0 Å². The normalized spacial score (nSPS) is 9.50. The van der Waals surface area contributed by atoms with Crippen molar-refractivity contribution in [3.63, 3.8) is 0 Å². The van der Waals surface area contributed by atoms with Gasteiger partial charge in [-0.25, -0.2) is 5.26 Å². The number of rotatable bonds is 1. The van der Waals surface area contributed by atoms with Crippen LogP contribution in [0.2, 0.25) is 0 Å². The Hall–Kier alpha value is -1.02. The fraction of sp³-hybridized carbons (Fsp3) is 0.250. The lowest BCUT2D eigenvalue weighted by atomic mass is 10.1. The molecule has 0 radical (unpaired) electrons. The van der Waals surface area contributed by atoms with Crippen molar-refractivity contribution in [2.75, 3.05) is 0 Å². The first-order valence-corrected chi connectivity index (χ1v) is 3.13. The first-order valence-electron chi connectivity index (χ1n) is 3.13. The Bertz CT molecular complexity index is 210. The summed E-state index contributed by atoms with van der Waals surface area (Å²) in [5, 5.41) is 8.40. The molecule has 1 aromatic rings. The van der Waals surface area contributed by atoms with Crippen LogP contribution < -0.4 is 4.89 Å². The van der Waals surface area contributed by atoms with Crippen LogP contribution in [0.1, 0.15) is 11.1 Å². The number of hydrogen-bond acceptors (Lipinski definition) is 2. The molecule has 2 nitrogen and oxygen atoms in total. The minimum Gasteiger partial charge on any atom is -0.340 e. The minimum absolute atomic E-state index is 0.558. The highest BCUT2D eigenvalue weighted by atomic mass is 17.1. The molecule has 1 N–H and O–H groups in total. The van der Waals surface area contributed by atoms with Gasteiger partial charge < -0.3 is 4.89 Å². The maximum absolute atomic E-state index is 8.40. The summed E-state index contributed by atoms with van der Waals surface area (Å²) in [6.45, 7) is 3.77. The standard InChI is InChI=1S/C8H10O2/c1-6-4-3-5-7(2)8(6)10-9/h3-5,9H,1-2H3. The third kappa shape index (κ3) is 1.11. The van der Waals surface area contributed by atoms with Gasteiger partial charge in [0.1, 0.15) is 0 Å². The highest BCUT2D eigenvalue weighted by Crippen LogP contribution is 2.20. The molecule has 0 unspecified atom stereocenters. The molecule has 0 heterocycles. The van der Waals surface area contributed by atoms with Gasteiger partial charge in [0, 0.05) is 0 Å². The Balaban J connectivity index is 3.17. The summed E-state index contributed by atoms with van der Waals surface area (Å²) in [4.78, 5) is 4.18. The molecule has 0 bridgehead atoms. The molecule has 0 aliphatic carbocycles. The van der Waals surface area contributed by atoms with Crippen LogP contribution in [-0.4, -0.2) is 5.26 Å². The van der Waals surface area contributed by atoms with Gasteiger partial charge in [-0.1, -0.05) is 18.2 Å². The molecule has 0 aromatic heterocycles. The predicted molar refractivity (Wildman–Crippen MR) is 39.2 cm³/mol. The average Bonchev–Trinajstić information content (AvgIpc) is 1.88. The molecule has 1 aromatic carbocycles. The molecule has 0 fully saturated rings. The number of para-hydroxylation sites is 1. The predicted octanol–water partition coefficient (Wildman–Crippen LogP) is 2.16. The molecule has 0 amide bonds. The van der Waals surface area contributed by atoms with Gasteiger partial charge in [-0.05, 0) is 25.0 Å². The lowest BCUT2D eigenvalue weighted by molar-refractivity contribution is -0.138. The van der Waals surface area contributed by atoms with Crippen molar-refractivity contribution >= 4 is 0 Å². The van der Waals surface area contributed by atoms with Crippen LogP contribution in [0.3, 0.4) is 0 Å². The van der Waals surface area contributed by atoms with Crippen molar-refractivity contribution in [2.45, 2.75) is 13.8 Å². The first-order chi connectivity index (χ1) is 4.75. The Labute approximate surface area is 60.0 Å². The maximum Gasteiger partial charge on any atom is 0.170 e. The second kappa shape index (κ2) is 2.71. The lowest BCUT2D eigenvalue weighted by Gasteiger charge is -2.03. The van der Waals surface area contributed by atoms with E-state index in [0.29, 0.717) is 5.75 Å². The molecule has 0 atom stereocenters. The molecular weight excluding hydrogens is 128 g/mol. The highest BCUT2D eigenvalue weighted by Gasteiger charge is 2.00. The third-order valence-corrected chi connectivity index (χ3v) is 1.50. The van der Waals surface area contributed by atoms with Crippen molar-refractivity contribution in [2.24, 2.45) is 0 Å². The molecule has 0 aliphatic heterocycles. The number of benzene rings is 1. The van der Waals surface area contributed by atoms with E-state index in [4.69, 9.17) is 5.26 Å². The fourth-order valence-corrected chi connectivity index (χ4v) is 0.943. The molecule has 0 saturated heterocycles. The van der Waals surface area contributed by atoms with Crippen LogP contribution in [0, 0.1) is 13.8 Å². The molecule has 54 valence electrons. The van der Waals surface area contributed by atoms with E-state index in [1.165, 1.54) is 0 Å². The molecule has 1 rings (SSSR count). The van der Waals surface area contributed by atoms with Gasteiger partial charge in [0.15, 0.2) is 5.75 Å². The Morgan fingerprint density at radius 1 is 1.20 bits per heavy atom. The summed E-state index contributed by atoms with van der Waals surface area (Å²) < 4.78 is 0. The topological polar surface area (TPSA) is 29.5 Å². The highest BCUT2D eigenvalue weighted by molar-refractivity contribution is 5.39. The average molecular weight is 138 g/mol. The molecular formula is C8H10O2. The van der Waals surface area contributed by atoms with Gasteiger partial charge in [0.05, 0.1) is 0 Å². The largest absolute Gasteiger partial charge is 0.340 e. The van der Waals surface area contributed by atoms with Crippen LogP contribution in [-0.2, 0) is 0 Å². The summed E-state index contributed by atoms with van der Waals surface area (Å²) in [6, 6.07) is 5.70. The van der Waals surface area contributed by atoms with Gasteiger partial charge >= 0.3 is 0 Å². The summed E-state index contributed by atoms with van der Waals surface area (Å²) >= 11 is 0. The number of aryl methyl sites for hydroxylation is 2. The lowest BCUT2D eigenvalue weighted by Crippen LogP contribution is -1.89. The number of hydrogen-bond donors (Lipinski definition) is 1. The quantitative estimate of drug-likeness (QED) is 0.476. The molecule has 10 heavy (non-hydrogen) atoms. The fourth-order valence-electron chi connectivity index (χ4n) is 0.943. The van der Waals surface area contributed by atoms with Gasteiger partial charge in [-0.3, -0.25) is 0 Å². The Morgan fingerprint density at radius 3 is 2.00 bits per heavy atom. The van der Waals surface area contributed by atoms with Gasteiger partial charge in [-0.2, -0.15) is 0 Å². The van der Waals surface area contributed by atoms with E-state index in [-0.39, 0.29) is 0 Å². The van der Waals surface area contributed by atoms with Crippen LogP contribution in [0.15, 0.2) is 18.2 Å². The van der Waals surface area contributed by atoms with Crippen molar-refractivity contribution in [3.8, 4) is 5.75 Å². The maximum atomic E-state index is 8.40. The van der Waals surface area contributed by atoms with Gasteiger partial charge in [0.2, 0.25) is 0 Å². The van der Waals surface area contributed by atoms with E-state index < -0.39 is 0 Å². The van der Waals surface area contributed by atoms with E-state index in [1.807, 2.05) is 32.0 Å².